The molecule has 1 fully saturated rings. The molecule has 2 unspecified atom stereocenters. The molecule has 1 aromatic carbocycles. The summed E-state index contributed by atoms with van der Waals surface area (Å²) in [6.45, 7) is 2.28. The van der Waals surface area contributed by atoms with E-state index in [1.54, 1.807) is 0 Å². The summed E-state index contributed by atoms with van der Waals surface area (Å²) in [7, 11) is 0. The summed E-state index contributed by atoms with van der Waals surface area (Å²) in [5.41, 5.74) is 5.62. The van der Waals surface area contributed by atoms with Crippen molar-refractivity contribution in [3.63, 3.8) is 0 Å². The highest BCUT2D eigenvalue weighted by Crippen LogP contribution is 2.29. The number of hydrogen-bond donors (Lipinski definition) is 2. The van der Waals surface area contributed by atoms with E-state index in [0.29, 0.717) is 12.2 Å². The number of anilines is 1. The van der Waals surface area contributed by atoms with Crippen molar-refractivity contribution in [1.82, 2.24) is 4.90 Å². The van der Waals surface area contributed by atoms with Crippen LogP contribution in [0.1, 0.15) is 23.7 Å². The smallest absolute Gasteiger partial charge is 0.282 e. The molecule has 2 atom stereocenters. The van der Waals surface area contributed by atoms with E-state index < -0.39 is 10.8 Å². The van der Waals surface area contributed by atoms with Gasteiger partial charge in [0.15, 0.2) is 0 Å². The van der Waals surface area contributed by atoms with Crippen LogP contribution in [0, 0.1) is 16.0 Å². The molecule has 1 amide bonds. The molecule has 7 heteroatoms. The Morgan fingerprint density at radius 3 is 2.90 bits per heavy atom. The van der Waals surface area contributed by atoms with E-state index in [9.17, 15) is 20.0 Å². The first-order chi connectivity index (χ1) is 9.45. The van der Waals surface area contributed by atoms with Crippen LogP contribution in [-0.4, -0.2) is 40.0 Å². The molecule has 1 aliphatic rings. The lowest BCUT2D eigenvalue weighted by Crippen LogP contribution is -2.40. The topological polar surface area (TPSA) is 110 Å². The van der Waals surface area contributed by atoms with E-state index in [-0.39, 0.29) is 29.8 Å². The van der Waals surface area contributed by atoms with Gasteiger partial charge in [-0.05, 0) is 24.5 Å². The molecule has 20 heavy (non-hydrogen) atoms. The number of likely N-dealkylation sites (tertiary alicyclic amines) is 1. The third kappa shape index (κ3) is 2.44. The second kappa shape index (κ2) is 5.46. The molecule has 2 rings (SSSR count). The predicted octanol–water partition coefficient (Wildman–Crippen LogP) is 1.02. The molecule has 1 heterocycles. The fraction of sp³-hybridized carbons (Fsp3) is 0.462. The number of hydrogen-bond acceptors (Lipinski definition) is 5. The molecular weight excluding hydrogens is 262 g/mol. The van der Waals surface area contributed by atoms with Crippen LogP contribution in [0.15, 0.2) is 18.2 Å². The monoisotopic (exact) mass is 279 g/mol. The van der Waals surface area contributed by atoms with Crippen LogP contribution in [0.4, 0.5) is 11.4 Å². The average Bonchev–Trinajstić information content (AvgIpc) is 2.78. The molecule has 1 aromatic rings. The fourth-order valence-corrected chi connectivity index (χ4v) is 2.58. The summed E-state index contributed by atoms with van der Waals surface area (Å²) < 4.78 is 0. The van der Waals surface area contributed by atoms with Gasteiger partial charge < -0.3 is 15.7 Å². The van der Waals surface area contributed by atoms with Crippen molar-refractivity contribution < 1.29 is 14.8 Å². The third-order valence-corrected chi connectivity index (χ3v) is 3.78. The molecule has 1 saturated heterocycles. The molecule has 0 aliphatic carbocycles. The molecule has 108 valence electrons. The van der Waals surface area contributed by atoms with Crippen LogP contribution in [-0.2, 0) is 0 Å². The Bertz CT molecular complexity index is 546. The van der Waals surface area contributed by atoms with Crippen molar-refractivity contribution in [3.8, 4) is 0 Å². The van der Waals surface area contributed by atoms with Gasteiger partial charge >= 0.3 is 0 Å². The Kier molecular flexibility index (Phi) is 3.89. The van der Waals surface area contributed by atoms with Gasteiger partial charge in [0.1, 0.15) is 5.56 Å². The second-order valence-electron chi connectivity index (χ2n) is 5.05. The number of nitro benzene ring substituents is 1. The number of nitro groups is 1. The minimum Gasteiger partial charge on any atom is -0.399 e. The Labute approximate surface area is 116 Å². The highest BCUT2D eigenvalue weighted by Gasteiger charge is 2.36. The van der Waals surface area contributed by atoms with Crippen molar-refractivity contribution in [2.24, 2.45) is 5.92 Å². The summed E-state index contributed by atoms with van der Waals surface area (Å²) >= 11 is 0. The first-order valence-corrected chi connectivity index (χ1v) is 6.41. The molecule has 0 radical (unpaired) electrons. The fourth-order valence-electron chi connectivity index (χ4n) is 2.58. The van der Waals surface area contributed by atoms with E-state index in [0.717, 1.165) is 6.42 Å². The SMILES string of the molecule is CC1CCN(C(=O)c2cc(N)ccc2[N+](=O)[O-])C1CO. The number of benzene rings is 1. The van der Waals surface area contributed by atoms with Crippen LogP contribution in [0.5, 0.6) is 0 Å². The molecule has 0 bridgehead atoms. The standard InChI is InChI=1S/C13H17N3O4/c1-8-4-5-15(12(8)7-17)13(18)10-6-9(14)2-3-11(10)16(19)20/h2-3,6,8,12,17H,4-5,7,14H2,1H3. The van der Waals surface area contributed by atoms with Crippen LogP contribution in [0.2, 0.25) is 0 Å². The number of carbonyl (C=O) groups is 1. The van der Waals surface area contributed by atoms with E-state index >= 15 is 0 Å². The minimum atomic E-state index is -0.597. The lowest BCUT2D eigenvalue weighted by atomic mass is 10.0. The highest BCUT2D eigenvalue weighted by molar-refractivity contribution is 5.99. The van der Waals surface area contributed by atoms with Crippen LogP contribution in [0.3, 0.4) is 0 Å². The summed E-state index contributed by atoms with van der Waals surface area (Å²) in [6.07, 6.45) is 0.771. The van der Waals surface area contributed by atoms with Gasteiger partial charge in [0.2, 0.25) is 0 Å². The number of aliphatic hydroxyl groups excluding tert-OH is 1. The number of carbonyl (C=O) groups excluding carboxylic acids is 1. The van der Waals surface area contributed by atoms with Gasteiger partial charge in [0.25, 0.3) is 11.6 Å². The van der Waals surface area contributed by atoms with Crippen LogP contribution >= 0.6 is 0 Å². The highest BCUT2D eigenvalue weighted by atomic mass is 16.6. The van der Waals surface area contributed by atoms with Crippen LogP contribution in [0.25, 0.3) is 0 Å². The Morgan fingerprint density at radius 1 is 1.60 bits per heavy atom. The largest absolute Gasteiger partial charge is 0.399 e. The van der Waals surface area contributed by atoms with E-state index in [1.807, 2.05) is 6.92 Å². The maximum absolute atomic E-state index is 12.5. The number of aliphatic hydroxyl groups is 1. The molecule has 0 aromatic heterocycles. The number of amides is 1. The van der Waals surface area contributed by atoms with Crippen molar-refractivity contribution in [3.05, 3.63) is 33.9 Å². The Hall–Kier alpha value is -2.15. The first-order valence-electron chi connectivity index (χ1n) is 6.41. The molecule has 1 aliphatic heterocycles. The number of nitrogens with zero attached hydrogens (tertiary/aromatic N) is 2. The molecular formula is C13H17N3O4. The molecule has 0 spiro atoms. The Balaban J connectivity index is 2.38. The molecule has 0 saturated carbocycles. The summed E-state index contributed by atoms with van der Waals surface area (Å²) in [6, 6.07) is 3.64. The lowest BCUT2D eigenvalue weighted by molar-refractivity contribution is -0.385. The minimum absolute atomic E-state index is 0.0254. The maximum atomic E-state index is 12.5. The first kappa shape index (κ1) is 14.3. The van der Waals surface area contributed by atoms with E-state index in [4.69, 9.17) is 5.73 Å². The summed E-state index contributed by atoms with van der Waals surface area (Å²) in [4.78, 5) is 24.4. The lowest BCUT2D eigenvalue weighted by Gasteiger charge is -2.25. The summed E-state index contributed by atoms with van der Waals surface area (Å²) in [5, 5.41) is 20.4. The molecule has 3 N–H and O–H groups in total. The van der Waals surface area contributed by atoms with Gasteiger partial charge in [0.05, 0.1) is 17.6 Å². The van der Waals surface area contributed by atoms with Gasteiger partial charge in [-0.25, -0.2) is 0 Å². The van der Waals surface area contributed by atoms with Crippen molar-refractivity contribution >= 4 is 17.3 Å². The van der Waals surface area contributed by atoms with E-state index in [2.05, 4.69) is 0 Å². The summed E-state index contributed by atoms with van der Waals surface area (Å²) in [5.74, 6) is -0.281. The second-order valence-corrected chi connectivity index (χ2v) is 5.05. The number of rotatable bonds is 3. The zero-order valence-electron chi connectivity index (χ0n) is 11.2. The number of nitrogens with two attached hydrogens (primary N) is 1. The zero-order chi connectivity index (χ0) is 14.9. The van der Waals surface area contributed by atoms with Crippen molar-refractivity contribution in [2.45, 2.75) is 19.4 Å². The third-order valence-electron chi connectivity index (χ3n) is 3.78. The Morgan fingerprint density at radius 2 is 2.30 bits per heavy atom. The van der Waals surface area contributed by atoms with Crippen molar-refractivity contribution in [1.29, 1.82) is 0 Å². The molecule has 7 nitrogen and oxygen atoms in total. The van der Waals surface area contributed by atoms with Crippen molar-refractivity contribution in [2.75, 3.05) is 18.9 Å². The average molecular weight is 279 g/mol. The van der Waals surface area contributed by atoms with E-state index in [1.165, 1.54) is 23.1 Å². The van der Waals surface area contributed by atoms with Gasteiger partial charge in [-0.15, -0.1) is 0 Å². The van der Waals surface area contributed by atoms with Gasteiger partial charge in [-0.1, -0.05) is 6.92 Å². The van der Waals surface area contributed by atoms with Crippen LogP contribution < -0.4 is 5.73 Å². The van der Waals surface area contributed by atoms with Gasteiger partial charge in [-0.2, -0.15) is 0 Å². The van der Waals surface area contributed by atoms with Gasteiger partial charge in [-0.3, -0.25) is 14.9 Å². The predicted molar refractivity (Wildman–Crippen MR) is 73.2 cm³/mol. The number of nitrogen functional groups attached to an aromatic ring is 1. The normalized spacial score (nSPS) is 22.0. The quantitative estimate of drug-likeness (QED) is 0.487. The maximum Gasteiger partial charge on any atom is 0.282 e. The van der Waals surface area contributed by atoms with Gasteiger partial charge in [0, 0.05) is 18.3 Å². The zero-order valence-corrected chi connectivity index (χ0v) is 11.2.